The lowest BCUT2D eigenvalue weighted by molar-refractivity contribution is -0.127. The highest BCUT2D eigenvalue weighted by Crippen LogP contribution is 2.13. The quantitative estimate of drug-likeness (QED) is 0.150. The minimum atomic E-state index is -0.415. The van der Waals surface area contributed by atoms with Gasteiger partial charge in [0.05, 0.1) is 33.0 Å². The molecule has 0 aromatic carbocycles. The van der Waals surface area contributed by atoms with Crippen LogP contribution in [-0.2, 0) is 38.1 Å². The maximum absolute atomic E-state index is 11.7. The molecular formula is C24H44N2O9. The molecule has 0 aliphatic rings. The van der Waals surface area contributed by atoms with Crippen LogP contribution in [0, 0.1) is 5.92 Å². The molecule has 0 saturated carbocycles. The van der Waals surface area contributed by atoms with Crippen LogP contribution < -0.4 is 10.6 Å². The van der Waals surface area contributed by atoms with Crippen molar-refractivity contribution in [2.24, 2.45) is 5.92 Å². The van der Waals surface area contributed by atoms with Crippen molar-refractivity contribution in [3.8, 4) is 0 Å². The molecule has 0 heterocycles. The molecule has 0 radical (unpaired) electrons. The molecule has 0 aromatic rings. The van der Waals surface area contributed by atoms with Gasteiger partial charge in [-0.3, -0.25) is 14.4 Å². The number of Topliss-reactive ketones (excluding diaryl/α,β-unsaturated/α-hetero) is 2. The lowest BCUT2D eigenvalue weighted by atomic mass is 9.95. The van der Waals surface area contributed by atoms with E-state index in [9.17, 15) is 19.2 Å². The Kier molecular flexibility index (Phi) is 22.5. The molecule has 1 atom stereocenters. The Morgan fingerprint density at radius 1 is 0.743 bits per heavy atom. The predicted octanol–water partition coefficient (Wildman–Crippen LogP) is 0.412. The number of ether oxygens (including phenoxy) is 4. The van der Waals surface area contributed by atoms with Crippen LogP contribution in [0.25, 0.3) is 0 Å². The fraction of sp³-hybridized carbons (Fsp3) is 0.833. The van der Waals surface area contributed by atoms with Gasteiger partial charge in [-0.2, -0.15) is 0 Å². The van der Waals surface area contributed by atoms with E-state index in [4.69, 9.17) is 24.1 Å². The Bertz CT molecular complexity index is 587. The number of rotatable bonds is 25. The van der Waals surface area contributed by atoms with Crippen molar-refractivity contribution in [2.75, 3.05) is 72.6 Å². The third-order valence-electron chi connectivity index (χ3n) is 5.00. The number of aliphatic hydroxyl groups excluding tert-OH is 1. The van der Waals surface area contributed by atoms with Crippen LogP contribution in [0.4, 0.5) is 0 Å². The second kappa shape index (κ2) is 23.8. The summed E-state index contributed by atoms with van der Waals surface area (Å²) < 4.78 is 21.1. The molecule has 0 fully saturated rings. The van der Waals surface area contributed by atoms with E-state index < -0.39 is 6.61 Å². The van der Waals surface area contributed by atoms with Gasteiger partial charge in [-0.15, -0.1) is 0 Å². The largest absolute Gasteiger partial charge is 0.389 e. The number of hydrogen-bond donors (Lipinski definition) is 3. The number of ketones is 2. The van der Waals surface area contributed by atoms with Crippen molar-refractivity contribution in [3.05, 3.63) is 0 Å². The predicted molar refractivity (Wildman–Crippen MR) is 129 cm³/mol. The highest BCUT2D eigenvalue weighted by atomic mass is 16.5. The van der Waals surface area contributed by atoms with E-state index >= 15 is 0 Å². The first-order chi connectivity index (χ1) is 16.9. The average Bonchev–Trinajstić information content (AvgIpc) is 2.83. The second-order valence-electron chi connectivity index (χ2n) is 8.06. The van der Waals surface area contributed by atoms with Crippen LogP contribution in [0.2, 0.25) is 0 Å². The monoisotopic (exact) mass is 504 g/mol. The van der Waals surface area contributed by atoms with Crippen LogP contribution in [0.15, 0.2) is 0 Å². The summed E-state index contributed by atoms with van der Waals surface area (Å²) in [7, 11) is 0. The number of carbonyl (C=O) groups is 4. The van der Waals surface area contributed by atoms with E-state index in [1.165, 1.54) is 0 Å². The van der Waals surface area contributed by atoms with Crippen molar-refractivity contribution in [2.45, 2.75) is 52.4 Å². The molecule has 35 heavy (non-hydrogen) atoms. The molecular weight excluding hydrogens is 460 g/mol. The Labute approximate surface area is 208 Å². The smallest absolute Gasteiger partial charge is 0.246 e. The van der Waals surface area contributed by atoms with Crippen LogP contribution in [0.1, 0.15) is 52.4 Å². The van der Waals surface area contributed by atoms with Gasteiger partial charge in [0.1, 0.15) is 25.6 Å². The molecule has 3 N–H and O–H groups in total. The fourth-order valence-corrected chi connectivity index (χ4v) is 3.02. The van der Waals surface area contributed by atoms with Gasteiger partial charge in [0.25, 0.3) is 0 Å². The molecule has 0 rings (SSSR count). The normalized spacial score (nSPS) is 11.7. The van der Waals surface area contributed by atoms with Gasteiger partial charge >= 0.3 is 0 Å². The standard InChI is InChI=1S/C24H44N2O9/c1-3-21(22(29)17-27)8-4-5-9-25-23(30)18-35-16-14-33-12-10-26-24(31)19-34-15-13-32-11-6-7-20(2)28/h21,27H,3-19H2,1-2H3,(H,25,30)(H,26,31)/t21-/m0/s1. The summed E-state index contributed by atoms with van der Waals surface area (Å²) in [5, 5.41) is 14.3. The van der Waals surface area contributed by atoms with Crippen molar-refractivity contribution in [1.29, 1.82) is 0 Å². The van der Waals surface area contributed by atoms with Crippen molar-refractivity contribution < 1.29 is 43.2 Å². The third-order valence-corrected chi connectivity index (χ3v) is 5.00. The Morgan fingerprint density at radius 3 is 1.89 bits per heavy atom. The van der Waals surface area contributed by atoms with Crippen LogP contribution >= 0.6 is 0 Å². The van der Waals surface area contributed by atoms with Crippen LogP contribution in [0.3, 0.4) is 0 Å². The summed E-state index contributed by atoms with van der Waals surface area (Å²) in [6, 6.07) is 0. The van der Waals surface area contributed by atoms with Gasteiger partial charge in [-0.25, -0.2) is 0 Å². The zero-order valence-electron chi connectivity index (χ0n) is 21.3. The Hall–Kier alpha value is -1.92. The van der Waals surface area contributed by atoms with Crippen molar-refractivity contribution in [3.63, 3.8) is 0 Å². The first-order valence-electron chi connectivity index (χ1n) is 12.4. The molecule has 0 aliphatic carbocycles. The molecule has 0 bridgehead atoms. The van der Waals surface area contributed by atoms with Gasteiger partial charge in [0.15, 0.2) is 5.78 Å². The molecule has 11 heteroatoms. The van der Waals surface area contributed by atoms with E-state index in [1.54, 1.807) is 6.92 Å². The number of carbonyl (C=O) groups excluding carboxylic acids is 4. The molecule has 11 nitrogen and oxygen atoms in total. The Morgan fingerprint density at radius 2 is 1.31 bits per heavy atom. The summed E-state index contributed by atoms with van der Waals surface area (Å²) in [4.78, 5) is 45.6. The summed E-state index contributed by atoms with van der Waals surface area (Å²) in [6.07, 6.45) is 4.18. The van der Waals surface area contributed by atoms with Gasteiger partial charge < -0.3 is 39.5 Å². The molecule has 0 aliphatic heterocycles. The lowest BCUT2D eigenvalue weighted by Crippen LogP contribution is -2.31. The van der Waals surface area contributed by atoms with E-state index in [0.717, 1.165) is 12.8 Å². The van der Waals surface area contributed by atoms with E-state index in [0.29, 0.717) is 71.8 Å². The second-order valence-corrected chi connectivity index (χ2v) is 8.06. The molecule has 204 valence electrons. The Balaban J connectivity index is 3.41. The molecule has 0 unspecified atom stereocenters. The highest BCUT2D eigenvalue weighted by molar-refractivity contribution is 5.81. The number of amides is 2. The summed E-state index contributed by atoms with van der Waals surface area (Å²) in [5.41, 5.74) is 0. The van der Waals surface area contributed by atoms with E-state index in [1.807, 2.05) is 6.92 Å². The van der Waals surface area contributed by atoms with Gasteiger partial charge in [-0.1, -0.05) is 13.3 Å². The topological polar surface area (TPSA) is 149 Å². The fourth-order valence-electron chi connectivity index (χ4n) is 3.02. The first kappa shape index (κ1) is 33.1. The number of aliphatic hydroxyl groups is 1. The third kappa shape index (κ3) is 22.3. The zero-order valence-corrected chi connectivity index (χ0v) is 21.3. The highest BCUT2D eigenvalue weighted by Gasteiger charge is 2.14. The van der Waals surface area contributed by atoms with Crippen LogP contribution in [-0.4, -0.2) is 101 Å². The zero-order chi connectivity index (χ0) is 26.2. The number of unbranched alkanes of at least 4 members (excludes halogenated alkanes) is 1. The molecule has 0 aromatic heterocycles. The maximum atomic E-state index is 11.7. The van der Waals surface area contributed by atoms with Gasteiger partial charge in [0, 0.05) is 32.0 Å². The molecule has 2 amide bonds. The maximum Gasteiger partial charge on any atom is 0.246 e. The SMILES string of the molecule is CC[C@@H](CCCCNC(=O)COCCOCCNC(=O)COCCOCCCC(C)=O)C(=O)CO. The van der Waals surface area contributed by atoms with E-state index in [-0.39, 0.29) is 49.1 Å². The van der Waals surface area contributed by atoms with Gasteiger partial charge in [0.2, 0.25) is 11.8 Å². The summed E-state index contributed by atoms with van der Waals surface area (Å²) >= 11 is 0. The average molecular weight is 505 g/mol. The minimum absolute atomic E-state index is 0.0571. The number of nitrogens with one attached hydrogen (secondary N) is 2. The van der Waals surface area contributed by atoms with Crippen molar-refractivity contribution in [1.82, 2.24) is 10.6 Å². The summed E-state index contributed by atoms with van der Waals surface area (Å²) in [6.45, 7) is 5.85. The minimum Gasteiger partial charge on any atom is -0.389 e. The van der Waals surface area contributed by atoms with E-state index in [2.05, 4.69) is 10.6 Å². The van der Waals surface area contributed by atoms with Crippen molar-refractivity contribution >= 4 is 23.4 Å². The number of hydrogen-bond acceptors (Lipinski definition) is 9. The first-order valence-corrected chi connectivity index (χ1v) is 12.4. The molecule has 0 spiro atoms. The lowest BCUT2D eigenvalue weighted by Gasteiger charge is -2.12. The summed E-state index contributed by atoms with van der Waals surface area (Å²) in [5.74, 6) is -0.553. The van der Waals surface area contributed by atoms with Gasteiger partial charge in [-0.05, 0) is 32.6 Å². The molecule has 0 saturated heterocycles. The van der Waals surface area contributed by atoms with Crippen LogP contribution in [0.5, 0.6) is 0 Å².